The maximum atomic E-state index is 13.8. The number of fused-ring (bicyclic) bond motifs is 1. The molecule has 0 unspecified atom stereocenters. The highest BCUT2D eigenvalue weighted by Crippen LogP contribution is 2.41. The van der Waals surface area contributed by atoms with Crippen molar-refractivity contribution in [1.29, 1.82) is 0 Å². The molecule has 2 aromatic carbocycles. The van der Waals surface area contributed by atoms with Crippen LogP contribution in [0.1, 0.15) is 46.8 Å². The standard InChI is InChI=1S/C20H17BrClFN2O3/c21-10-6-14-17(16(7-10)24-19(27)9-1-3-12(26)5-9)18(25-20(14)28)13-8-11(23)2-4-15(13)22/h2,4,6-9,12,18,26H,1,3,5H2,(H,24,27)(H,25,28)/t9-,12+,18-/m0/s1. The molecule has 146 valence electrons. The molecule has 2 aromatic rings. The molecule has 1 fully saturated rings. The molecule has 8 heteroatoms. The van der Waals surface area contributed by atoms with Gasteiger partial charge in [0.2, 0.25) is 5.91 Å². The summed E-state index contributed by atoms with van der Waals surface area (Å²) in [4.78, 5) is 25.2. The summed E-state index contributed by atoms with van der Waals surface area (Å²) in [7, 11) is 0. The third-order valence-corrected chi connectivity index (χ3v) is 6.06. The van der Waals surface area contributed by atoms with E-state index < -0.39 is 18.0 Å². The maximum absolute atomic E-state index is 13.8. The van der Waals surface area contributed by atoms with Crippen LogP contribution in [-0.2, 0) is 4.79 Å². The van der Waals surface area contributed by atoms with Gasteiger partial charge in [-0.1, -0.05) is 27.5 Å². The van der Waals surface area contributed by atoms with E-state index in [1.165, 1.54) is 18.2 Å². The van der Waals surface area contributed by atoms with Crippen molar-refractivity contribution in [2.75, 3.05) is 5.32 Å². The molecule has 5 nitrogen and oxygen atoms in total. The zero-order valence-electron chi connectivity index (χ0n) is 14.6. The summed E-state index contributed by atoms with van der Waals surface area (Å²) in [5, 5.41) is 15.7. The molecule has 1 aliphatic carbocycles. The highest BCUT2D eigenvalue weighted by molar-refractivity contribution is 9.10. The minimum Gasteiger partial charge on any atom is -0.393 e. The highest BCUT2D eigenvalue weighted by atomic mass is 79.9. The number of nitrogens with one attached hydrogen (secondary N) is 2. The maximum Gasteiger partial charge on any atom is 0.252 e. The Morgan fingerprint density at radius 2 is 2.07 bits per heavy atom. The summed E-state index contributed by atoms with van der Waals surface area (Å²) in [6.45, 7) is 0. The predicted molar refractivity (Wildman–Crippen MR) is 107 cm³/mol. The molecule has 2 aliphatic rings. The number of halogens is 3. The van der Waals surface area contributed by atoms with E-state index in [0.717, 1.165) is 0 Å². The molecule has 3 atom stereocenters. The Morgan fingerprint density at radius 1 is 1.29 bits per heavy atom. The van der Waals surface area contributed by atoms with E-state index in [4.69, 9.17) is 11.6 Å². The summed E-state index contributed by atoms with van der Waals surface area (Å²) in [5.74, 6) is -1.29. The number of rotatable bonds is 3. The van der Waals surface area contributed by atoms with Crippen LogP contribution in [0.5, 0.6) is 0 Å². The van der Waals surface area contributed by atoms with Gasteiger partial charge < -0.3 is 15.7 Å². The van der Waals surface area contributed by atoms with Gasteiger partial charge in [0.25, 0.3) is 5.91 Å². The summed E-state index contributed by atoms with van der Waals surface area (Å²) in [6.07, 6.45) is 1.15. The first kappa shape index (κ1) is 19.4. The monoisotopic (exact) mass is 466 g/mol. The Hall–Kier alpha value is -1.96. The van der Waals surface area contributed by atoms with Gasteiger partial charge in [-0.15, -0.1) is 0 Å². The Kier molecular flexibility index (Phi) is 5.16. The van der Waals surface area contributed by atoms with Crippen LogP contribution < -0.4 is 10.6 Å². The largest absolute Gasteiger partial charge is 0.393 e. The normalized spacial score (nSPS) is 23.4. The Morgan fingerprint density at radius 3 is 2.79 bits per heavy atom. The van der Waals surface area contributed by atoms with E-state index in [-0.39, 0.29) is 17.7 Å². The summed E-state index contributed by atoms with van der Waals surface area (Å²) in [6, 6.07) is 6.66. The fraction of sp³-hybridized carbons (Fsp3) is 0.300. The minimum absolute atomic E-state index is 0.208. The molecule has 0 radical (unpaired) electrons. The SMILES string of the molecule is O=C1N[C@@H](c2cc(F)ccc2Cl)c2c(NC(=O)[C@H]3CC[C@@H](O)C3)cc(Br)cc21. The van der Waals surface area contributed by atoms with Crippen molar-refractivity contribution in [3.8, 4) is 0 Å². The number of anilines is 1. The second kappa shape index (κ2) is 7.46. The van der Waals surface area contributed by atoms with E-state index >= 15 is 0 Å². The van der Waals surface area contributed by atoms with Gasteiger partial charge in [0.1, 0.15) is 5.82 Å². The van der Waals surface area contributed by atoms with Crippen molar-refractivity contribution < 1.29 is 19.1 Å². The number of aliphatic hydroxyl groups is 1. The van der Waals surface area contributed by atoms with Crippen LogP contribution in [0.3, 0.4) is 0 Å². The third kappa shape index (κ3) is 3.54. The number of carbonyl (C=O) groups is 2. The zero-order chi connectivity index (χ0) is 20.0. The van der Waals surface area contributed by atoms with Crippen molar-refractivity contribution in [2.45, 2.75) is 31.4 Å². The van der Waals surface area contributed by atoms with Crippen LogP contribution in [0.25, 0.3) is 0 Å². The average Bonchev–Trinajstić information content (AvgIpc) is 3.21. The number of hydrogen-bond donors (Lipinski definition) is 3. The van der Waals surface area contributed by atoms with E-state index in [9.17, 15) is 19.1 Å². The molecule has 3 N–H and O–H groups in total. The van der Waals surface area contributed by atoms with Gasteiger partial charge in [-0.05, 0) is 49.6 Å². The van der Waals surface area contributed by atoms with Gasteiger partial charge in [-0.25, -0.2) is 4.39 Å². The second-order valence-electron chi connectivity index (χ2n) is 7.14. The molecule has 2 amide bonds. The lowest BCUT2D eigenvalue weighted by atomic mass is 9.96. The zero-order valence-corrected chi connectivity index (χ0v) is 17.0. The van der Waals surface area contributed by atoms with E-state index in [1.807, 2.05) is 0 Å². The smallest absolute Gasteiger partial charge is 0.252 e. The third-order valence-electron chi connectivity index (χ3n) is 5.26. The number of benzene rings is 2. The molecule has 0 saturated heterocycles. The number of hydrogen-bond acceptors (Lipinski definition) is 3. The topological polar surface area (TPSA) is 78.4 Å². The summed E-state index contributed by atoms with van der Waals surface area (Å²) < 4.78 is 14.5. The molecule has 0 aromatic heterocycles. The highest BCUT2D eigenvalue weighted by Gasteiger charge is 2.36. The quantitative estimate of drug-likeness (QED) is 0.634. The molecule has 0 bridgehead atoms. The Labute approximate surface area is 174 Å². The van der Waals surface area contributed by atoms with Gasteiger partial charge in [0.15, 0.2) is 0 Å². The number of carbonyl (C=O) groups excluding carboxylic acids is 2. The van der Waals surface area contributed by atoms with Gasteiger partial charge in [0.05, 0.1) is 12.1 Å². The molecule has 28 heavy (non-hydrogen) atoms. The van der Waals surface area contributed by atoms with Crippen LogP contribution in [0.2, 0.25) is 5.02 Å². The lowest BCUT2D eigenvalue weighted by molar-refractivity contribution is -0.119. The summed E-state index contributed by atoms with van der Waals surface area (Å²) >= 11 is 9.63. The van der Waals surface area contributed by atoms with Crippen molar-refractivity contribution in [3.63, 3.8) is 0 Å². The molecule has 0 spiro atoms. The van der Waals surface area contributed by atoms with Crippen LogP contribution in [0, 0.1) is 11.7 Å². The fourth-order valence-corrected chi connectivity index (χ4v) is 4.59. The Balaban J connectivity index is 1.75. The van der Waals surface area contributed by atoms with Crippen LogP contribution >= 0.6 is 27.5 Å². The first-order valence-corrected chi connectivity index (χ1v) is 10.1. The Bertz CT molecular complexity index is 984. The fourth-order valence-electron chi connectivity index (χ4n) is 3.90. The van der Waals surface area contributed by atoms with Crippen LogP contribution in [-0.4, -0.2) is 23.0 Å². The molecule has 1 aliphatic heterocycles. The number of aliphatic hydroxyl groups excluding tert-OH is 1. The van der Waals surface area contributed by atoms with Crippen molar-refractivity contribution in [1.82, 2.24) is 5.32 Å². The van der Waals surface area contributed by atoms with Gasteiger partial charge in [-0.2, -0.15) is 0 Å². The minimum atomic E-state index is -0.678. The summed E-state index contributed by atoms with van der Waals surface area (Å²) in [5.41, 5.74) is 1.82. The van der Waals surface area contributed by atoms with Crippen LogP contribution in [0.15, 0.2) is 34.8 Å². The van der Waals surface area contributed by atoms with Crippen molar-refractivity contribution in [3.05, 3.63) is 62.3 Å². The molecule has 4 rings (SSSR count). The number of amides is 2. The first-order valence-electron chi connectivity index (χ1n) is 8.91. The molecule has 1 saturated carbocycles. The average molecular weight is 468 g/mol. The van der Waals surface area contributed by atoms with Gasteiger partial charge >= 0.3 is 0 Å². The van der Waals surface area contributed by atoms with Gasteiger partial charge in [0, 0.05) is 37.8 Å². The van der Waals surface area contributed by atoms with E-state index in [1.54, 1.807) is 12.1 Å². The van der Waals surface area contributed by atoms with Gasteiger partial charge in [-0.3, -0.25) is 9.59 Å². The van der Waals surface area contributed by atoms with Crippen molar-refractivity contribution in [2.24, 2.45) is 5.92 Å². The first-order chi connectivity index (χ1) is 13.3. The lowest BCUT2D eigenvalue weighted by Gasteiger charge is -2.19. The molecular weight excluding hydrogens is 451 g/mol. The lowest BCUT2D eigenvalue weighted by Crippen LogP contribution is -2.23. The predicted octanol–water partition coefficient (Wildman–Crippen LogP) is 4.17. The van der Waals surface area contributed by atoms with E-state index in [0.29, 0.717) is 51.1 Å². The molecule has 1 heterocycles. The van der Waals surface area contributed by atoms with Crippen molar-refractivity contribution >= 4 is 45.0 Å². The second-order valence-corrected chi connectivity index (χ2v) is 8.46. The molecular formula is C20H17BrClFN2O3. The van der Waals surface area contributed by atoms with E-state index in [2.05, 4.69) is 26.6 Å². The van der Waals surface area contributed by atoms with Crippen LogP contribution in [0.4, 0.5) is 10.1 Å².